The summed E-state index contributed by atoms with van der Waals surface area (Å²) in [6.07, 6.45) is 5.17. The molecule has 4 aromatic rings. The number of aromatic nitrogens is 4. The molecule has 28 heavy (non-hydrogen) atoms. The summed E-state index contributed by atoms with van der Waals surface area (Å²) in [5, 5.41) is 8.43. The van der Waals surface area contributed by atoms with Crippen molar-refractivity contribution in [2.45, 2.75) is 11.3 Å². The van der Waals surface area contributed by atoms with Crippen molar-refractivity contribution in [3.05, 3.63) is 90.4 Å². The summed E-state index contributed by atoms with van der Waals surface area (Å²) in [6.45, 7) is 0. The minimum Gasteiger partial charge on any atom is -0.274 e. The number of sulfonamides is 1. The van der Waals surface area contributed by atoms with Crippen molar-refractivity contribution in [3.8, 4) is 5.69 Å². The normalized spacial score (nSPS) is 11.5. The number of hydrogen-bond acceptors (Lipinski definition) is 4. The molecule has 0 saturated heterocycles. The number of benzene rings is 2. The van der Waals surface area contributed by atoms with E-state index in [0.717, 1.165) is 16.8 Å². The van der Waals surface area contributed by atoms with E-state index in [4.69, 9.17) is 0 Å². The van der Waals surface area contributed by atoms with E-state index < -0.39 is 10.0 Å². The predicted octanol–water partition coefficient (Wildman–Crippen LogP) is 3.00. The Hall–Kier alpha value is -3.39. The highest BCUT2D eigenvalue weighted by atomic mass is 32.2. The van der Waals surface area contributed by atoms with Gasteiger partial charge in [-0.15, -0.1) is 5.10 Å². The summed E-state index contributed by atoms with van der Waals surface area (Å²) in [5.74, 6) is 0.302. The molecule has 8 heteroatoms. The van der Waals surface area contributed by atoms with Crippen LogP contribution < -0.4 is 4.72 Å². The largest absolute Gasteiger partial charge is 0.274 e. The van der Waals surface area contributed by atoms with Crippen LogP contribution >= 0.6 is 0 Å². The van der Waals surface area contributed by atoms with Crippen molar-refractivity contribution in [1.82, 2.24) is 19.6 Å². The first-order valence-electron chi connectivity index (χ1n) is 8.71. The van der Waals surface area contributed by atoms with Gasteiger partial charge in [-0.2, -0.15) is 5.10 Å². The minimum absolute atomic E-state index is 0.0925. The molecule has 0 atom stereocenters. The lowest BCUT2D eigenvalue weighted by molar-refractivity contribution is 0.600. The van der Waals surface area contributed by atoms with E-state index in [1.54, 1.807) is 11.7 Å². The third kappa shape index (κ3) is 3.81. The Morgan fingerprint density at radius 1 is 0.964 bits per heavy atom. The van der Waals surface area contributed by atoms with Gasteiger partial charge in [0.15, 0.2) is 5.82 Å². The second-order valence-corrected chi connectivity index (χ2v) is 8.08. The van der Waals surface area contributed by atoms with E-state index in [2.05, 4.69) is 14.9 Å². The summed E-state index contributed by atoms with van der Waals surface area (Å²) in [7, 11) is -2.11. The van der Waals surface area contributed by atoms with Gasteiger partial charge in [0.2, 0.25) is 0 Å². The minimum atomic E-state index is -3.79. The average Bonchev–Trinajstić information content (AvgIpc) is 3.30. The smallest absolute Gasteiger partial charge is 0.266 e. The molecule has 0 unspecified atom stereocenters. The Morgan fingerprint density at radius 2 is 1.64 bits per heavy atom. The quantitative estimate of drug-likeness (QED) is 0.546. The molecular formula is C20H19N5O2S. The Balaban J connectivity index is 1.73. The van der Waals surface area contributed by atoms with E-state index in [1.165, 1.54) is 17.1 Å². The van der Waals surface area contributed by atoms with E-state index in [9.17, 15) is 8.42 Å². The van der Waals surface area contributed by atoms with Gasteiger partial charge < -0.3 is 0 Å². The Morgan fingerprint density at radius 3 is 2.29 bits per heavy atom. The summed E-state index contributed by atoms with van der Waals surface area (Å²) in [5.41, 5.74) is 2.70. The lowest BCUT2D eigenvalue weighted by atomic mass is 10.1. The highest BCUT2D eigenvalue weighted by Crippen LogP contribution is 2.23. The van der Waals surface area contributed by atoms with Crippen molar-refractivity contribution >= 4 is 15.8 Å². The number of anilines is 1. The molecule has 0 bridgehead atoms. The first-order chi connectivity index (χ1) is 13.5. The Kier molecular flexibility index (Phi) is 4.70. The van der Waals surface area contributed by atoms with Gasteiger partial charge in [0.05, 0.1) is 11.9 Å². The molecule has 2 heterocycles. The Bertz CT molecular complexity index is 1180. The fourth-order valence-electron chi connectivity index (χ4n) is 2.88. The van der Waals surface area contributed by atoms with Gasteiger partial charge in [0, 0.05) is 31.4 Å². The van der Waals surface area contributed by atoms with E-state index >= 15 is 0 Å². The number of hydrogen-bond donors (Lipinski definition) is 1. The molecule has 0 aliphatic carbocycles. The van der Waals surface area contributed by atoms with Crippen molar-refractivity contribution in [1.29, 1.82) is 0 Å². The zero-order valence-corrected chi connectivity index (χ0v) is 16.0. The zero-order chi connectivity index (χ0) is 19.6. The van der Waals surface area contributed by atoms with Crippen LogP contribution in [0.1, 0.15) is 11.1 Å². The van der Waals surface area contributed by atoms with Crippen LogP contribution in [-0.4, -0.2) is 28.0 Å². The molecule has 0 radical (unpaired) electrons. The third-order valence-electron chi connectivity index (χ3n) is 4.27. The van der Waals surface area contributed by atoms with Crippen LogP contribution in [0.25, 0.3) is 5.69 Å². The summed E-state index contributed by atoms with van der Waals surface area (Å²) < 4.78 is 31.2. The molecule has 0 amide bonds. The molecule has 0 saturated carbocycles. The lowest BCUT2D eigenvalue weighted by Gasteiger charge is -2.06. The fraction of sp³-hybridized carbons (Fsp3) is 0.100. The van der Waals surface area contributed by atoms with Crippen LogP contribution in [0.5, 0.6) is 0 Å². The van der Waals surface area contributed by atoms with Gasteiger partial charge >= 0.3 is 0 Å². The molecule has 0 aliphatic rings. The topological polar surface area (TPSA) is 81.8 Å². The molecule has 2 aromatic carbocycles. The SMILES string of the molecule is Cn1cc(S(=O)(=O)Nc2nn(-c3ccccc3)cc2Cc2ccccc2)cn1. The number of para-hydroxylation sites is 1. The zero-order valence-electron chi connectivity index (χ0n) is 15.2. The third-order valence-corrected chi connectivity index (χ3v) is 5.56. The predicted molar refractivity (Wildman–Crippen MR) is 107 cm³/mol. The highest BCUT2D eigenvalue weighted by Gasteiger charge is 2.21. The maximum absolute atomic E-state index is 12.8. The van der Waals surface area contributed by atoms with Gasteiger partial charge in [-0.1, -0.05) is 48.5 Å². The second kappa shape index (κ2) is 7.32. The summed E-state index contributed by atoms with van der Waals surface area (Å²) >= 11 is 0. The lowest BCUT2D eigenvalue weighted by Crippen LogP contribution is -2.14. The Labute approximate surface area is 163 Å². The fourth-order valence-corrected chi connectivity index (χ4v) is 3.90. The van der Waals surface area contributed by atoms with Crippen LogP contribution in [-0.2, 0) is 23.5 Å². The average molecular weight is 393 g/mol. The molecular weight excluding hydrogens is 374 g/mol. The van der Waals surface area contributed by atoms with Crippen LogP contribution in [0.4, 0.5) is 5.82 Å². The van der Waals surface area contributed by atoms with Crippen molar-refractivity contribution in [2.75, 3.05) is 4.72 Å². The molecule has 4 rings (SSSR count). The van der Waals surface area contributed by atoms with Crippen molar-refractivity contribution in [2.24, 2.45) is 7.05 Å². The van der Waals surface area contributed by atoms with E-state index in [0.29, 0.717) is 12.2 Å². The van der Waals surface area contributed by atoms with Crippen LogP contribution in [0, 0.1) is 0 Å². The van der Waals surface area contributed by atoms with Gasteiger partial charge in [-0.25, -0.2) is 13.1 Å². The maximum Gasteiger partial charge on any atom is 0.266 e. The van der Waals surface area contributed by atoms with Crippen LogP contribution in [0.15, 0.2) is 84.1 Å². The molecule has 0 fully saturated rings. The first kappa shape index (κ1) is 18.0. The van der Waals surface area contributed by atoms with Crippen LogP contribution in [0.3, 0.4) is 0 Å². The molecule has 2 aromatic heterocycles. The molecule has 0 spiro atoms. The van der Waals surface area contributed by atoms with Crippen molar-refractivity contribution < 1.29 is 8.42 Å². The number of nitrogens with zero attached hydrogens (tertiary/aromatic N) is 4. The highest BCUT2D eigenvalue weighted by molar-refractivity contribution is 7.92. The second-order valence-electron chi connectivity index (χ2n) is 6.40. The number of aryl methyl sites for hydroxylation is 1. The maximum atomic E-state index is 12.8. The molecule has 7 nitrogen and oxygen atoms in total. The van der Waals surface area contributed by atoms with Crippen LogP contribution in [0.2, 0.25) is 0 Å². The van der Waals surface area contributed by atoms with E-state index in [-0.39, 0.29) is 4.90 Å². The van der Waals surface area contributed by atoms with Gasteiger partial charge in [-0.05, 0) is 17.7 Å². The first-order valence-corrected chi connectivity index (χ1v) is 10.2. The van der Waals surface area contributed by atoms with Gasteiger partial charge in [-0.3, -0.25) is 9.40 Å². The van der Waals surface area contributed by atoms with Crippen molar-refractivity contribution in [3.63, 3.8) is 0 Å². The summed E-state index contributed by atoms with van der Waals surface area (Å²) in [6, 6.07) is 19.4. The monoisotopic (exact) mass is 393 g/mol. The summed E-state index contributed by atoms with van der Waals surface area (Å²) in [4.78, 5) is 0.0925. The molecule has 142 valence electrons. The van der Waals surface area contributed by atoms with E-state index in [1.807, 2.05) is 66.9 Å². The standard InChI is InChI=1S/C20H19N5O2S/c1-24-15-19(13-21-24)28(26,27)23-20-17(12-16-8-4-2-5-9-16)14-25(22-20)18-10-6-3-7-11-18/h2-11,13-15H,12H2,1H3,(H,22,23). The number of rotatable bonds is 6. The number of nitrogens with one attached hydrogen (secondary N) is 1. The molecule has 0 aliphatic heterocycles. The van der Waals surface area contributed by atoms with Gasteiger partial charge in [0.1, 0.15) is 4.90 Å². The van der Waals surface area contributed by atoms with Gasteiger partial charge in [0.25, 0.3) is 10.0 Å². The molecule has 1 N–H and O–H groups in total.